The summed E-state index contributed by atoms with van der Waals surface area (Å²) in [5.41, 5.74) is 29.4. The summed E-state index contributed by atoms with van der Waals surface area (Å²) in [6.07, 6.45) is 8.93. The van der Waals surface area contributed by atoms with Crippen molar-refractivity contribution < 1.29 is 121 Å². The van der Waals surface area contributed by atoms with Gasteiger partial charge in [0, 0.05) is 132 Å². The van der Waals surface area contributed by atoms with Crippen LogP contribution in [-0.2, 0) is 108 Å². The van der Waals surface area contributed by atoms with Crippen molar-refractivity contribution >= 4 is 40.3 Å². The van der Waals surface area contributed by atoms with Crippen LogP contribution in [-0.4, -0.2) is 53.0 Å². The topological polar surface area (TPSA) is 9.03 Å². The molecule has 1 heterocycles. The molecule has 7 heteroatoms. The van der Waals surface area contributed by atoms with E-state index in [-0.39, 0.29) is 108 Å². The first-order chi connectivity index (χ1) is 27.9. The Hall–Kier alpha value is -1.31. The molecular weight excluding hydrogens is 1270 g/mol. The molecule has 0 amide bonds. The van der Waals surface area contributed by atoms with Gasteiger partial charge in [-0.3, -0.25) is 0 Å². The summed E-state index contributed by atoms with van der Waals surface area (Å²) in [5.74, 6) is 0. The third-order valence-corrected chi connectivity index (χ3v) is 13.7. The summed E-state index contributed by atoms with van der Waals surface area (Å²) in [6.45, 7) is 45.4. The molecule has 1 aliphatic rings. The van der Waals surface area contributed by atoms with Gasteiger partial charge < -0.3 is 15.2 Å². The van der Waals surface area contributed by atoms with E-state index in [1.165, 1.54) is 117 Å². The fourth-order valence-electron chi connectivity index (χ4n) is 7.78. The Balaban J connectivity index is -0.000000747. The summed E-state index contributed by atoms with van der Waals surface area (Å²) < 4.78 is 6.19. The second-order valence-electron chi connectivity index (χ2n) is 16.8. The van der Waals surface area contributed by atoms with Gasteiger partial charge in [-0.15, -0.1) is 5.70 Å². The molecule has 2 radical (unpaired) electrons. The van der Waals surface area contributed by atoms with E-state index in [4.69, 9.17) is 0 Å². The maximum Gasteiger partial charge on any atom is 0.217 e. The molecule has 0 saturated heterocycles. The van der Waals surface area contributed by atoms with E-state index < -0.39 is 0 Å². The largest absolute Gasteiger partial charge is 0.536 e. The van der Waals surface area contributed by atoms with Crippen LogP contribution in [0, 0.1) is 123 Å². The van der Waals surface area contributed by atoms with Gasteiger partial charge in [-0.05, 0) is 200 Å². The molecule has 0 unspecified atom stereocenters. The van der Waals surface area contributed by atoms with Gasteiger partial charge >= 0.3 is 0 Å². The van der Waals surface area contributed by atoms with Crippen molar-refractivity contribution in [3.05, 3.63) is 149 Å². The molecule has 64 heavy (non-hydrogen) atoms. The first kappa shape index (κ1) is 67.0. The number of aryl methyl sites for hydroxylation is 6. The van der Waals surface area contributed by atoms with Crippen LogP contribution in [0.5, 0.6) is 0 Å². The van der Waals surface area contributed by atoms with Gasteiger partial charge in [0.05, 0.1) is 10.9 Å². The molecule has 5 aromatic rings. The van der Waals surface area contributed by atoms with Crippen LogP contribution >= 0.6 is 0 Å². The minimum atomic E-state index is 0. The number of allylic oxidation sites excluding steroid dienone is 2. The van der Waals surface area contributed by atoms with Gasteiger partial charge in [-0.1, -0.05) is 38.6 Å². The number of rotatable bonds is 2. The fraction of sp³-hybridized carbons (Fsp3) is 0.421. The molecule has 0 atom stereocenters. The van der Waals surface area contributed by atoms with E-state index in [0.717, 1.165) is 11.4 Å². The first-order valence-electron chi connectivity index (χ1n) is 21.4. The van der Waals surface area contributed by atoms with Crippen LogP contribution in [0.2, 0.25) is 0 Å². The monoisotopic (exact) mass is 1350 g/mol. The molecule has 0 spiro atoms. The van der Waals surface area contributed by atoms with Crippen LogP contribution in [0.15, 0.2) is 42.1 Å². The molecule has 0 bridgehead atoms. The summed E-state index contributed by atoms with van der Waals surface area (Å²) >= 11 is 0. The van der Waals surface area contributed by atoms with Gasteiger partial charge in [0.1, 0.15) is 21.1 Å². The van der Waals surface area contributed by atoms with Crippen molar-refractivity contribution in [2.45, 2.75) is 145 Å². The minimum Gasteiger partial charge on any atom is -0.536 e. The number of hydrogen-bond donors (Lipinski definition) is 0. The zero-order valence-electron chi connectivity index (χ0n) is 44.3. The van der Waals surface area contributed by atoms with Crippen molar-refractivity contribution in [1.29, 1.82) is 0 Å². The predicted octanol–water partition coefficient (Wildman–Crippen LogP) is 14.3. The number of para-hydroxylation sites is 1. The number of hydrogen-bond acceptors (Lipinski definition) is 0. The van der Waals surface area contributed by atoms with Crippen molar-refractivity contribution in [3.63, 3.8) is 0 Å². The molecule has 6 rings (SSSR count). The molecular formula is C57H78N3W2Y2-. The first-order valence-corrected chi connectivity index (χ1v) is 21.4. The van der Waals surface area contributed by atoms with Gasteiger partial charge in [-0.2, -0.15) is 28.8 Å². The molecule has 0 aromatic heterocycles. The van der Waals surface area contributed by atoms with Crippen molar-refractivity contribution in [2.24, 2.45) is 0 Å². The summed E-state index contributed by atoms with van der Waals surface area (Å²) in [7, 11) is 6.10. The molecule has 3 nitrogen and oxygen atoms in total. The average Bonchev–Trinajstić information content (AvgIpc) is 3.50. The molecule has 0 saturated carbocycles. The Morgan fingerprint density at radius 2 is 0.906 bits per heavy atom. The van der Waals surface area contributed by atoms with Crippen LogP contribution < -0.4 is 0 Å². The smallest absolute Gasteiger partial charge is 0.217 e. The van der Waals surface area contributed by atoms with Gasteiger partial charge in [-0.25, -0.2) is 13.0 Å². The van der Waals surface area contributed by atoms with Gasteiger partial charge in [0.15, 0.2) is 5.71 Å². The minimum absolute atomic E-state index is 0. The number of benzene rings is 5. The van der Waals surface area contributed by atoms with Crippen LogP contribution in [0.4, 0.5) is 11.4 Å². The molecule has 0 fully saturated rings. The molecule has 340 valence electrons. The third-order valence-electron chi connectivity index (χ3n) is 13.7. The van der Waals surface area contributed by atoms with Crippen molar-refractivity contribution in [2.75, 3.05) is 21.1 Å². The van der Waals surface area contributed by atoms with E-state index >= 15 is 0 Å². The van der Waals surface area contributed by atoms with E-state index in [0.29, 0.717) is 0 Å². The second kappa shape index (κ2) is 30.2. The van der Waals surface area contributed by atoms with Crippen LogP contribution in [0.3, 0.4) is 0 Å². The maximum atomic E-state index is 3.08. The third kappa shape index (κ3) is 15.9. The predicted molar refractivity (Wildman–Crippen MR) is 265 cm³/mol. The standard InChI is InChI=1S/C19H24N.2C11H16.C9H10N.C7H12N.2W.2Y/c1-9-11(3)16-12(4)10(2)14(6)19-18(16)17(13(9)5)15(7)20(19)8;2*1-7-6-8(2)10(4)11(5)9(7)3;1-3-10(2)9-7-5-4-6-8-9;1-5-7(3)8(4)6-2;;;;/h1-8H3;2*6H,1-5H3;4-7H,1-2H3;1-4H3;;;;/q+1;;;2*-1;;;;. The van der Waals surface area contributed by atoms with E-state index in [1.807, 2.05) is 75.2 Å². The zero-order valence-corrected chi connectivity index (χ0v) is 55.8. The van der Waals surface area contributed by atoms with Gasteiger partial charge in [0.2, 0.25) is 5.69 Å². The Morgan fingerprint density at radius 3 is 1.23 bits per heavy atom. The number of nitrogens with zero attached hydrogens (tertiary/aromatic N) is 3. The van der Waals surface area contributed by atoms with E-state index in [1.54, 1.807) is 0 Å². The van der Waals surface area contributed by atoms with E-state index in [9.17, 15) is 0 Å². The maximum absolute atomic E-state index is 3.08. The van der Waals surface area contributed by atoms with Crippen LogP contribution in [0.1, 0.15) is 129 Å². The van der Waals surface area contributed by atoms with Crippen molar-refractivity contribution in [1.82, 2.24) is 0 Å². The Kier molecular flexibility index (Phi) is 31.6. The van der Waals surface area contributed by atoms with Crippen molar-refractivity contribution in [3.8, 4) is 0 Å². The average molecular weight is 1350 g/mol. The summed E-state index contributed by atoms with van der Waals surface area (Å²) in [6, 6.07) is 15.4. The molecule has 1 aliphatic heterocycles. The quantitative estimate of drug-likeness (QED) is 0.0946. The zero-order chi connectivity index (χ0) is 46.1. The summed E-state index contributed by atoms with van der Waals surface area (Å²) in [5, 5.41) is 2.95. The molecule has 5 aromatic carbocycles. The van der Waals surface area contributed by atoms with Crippen LogP contribution in [0.25, 0.3) is 10.8 Å². The Bertz CT molecular complexity index is 2310. The Morgan fingerprint density at radius 1 is 0.516 bits per heavy atom. The molecule has 0 N–H and O–H groups in total. The molecule has 0 aliphatic carbocycles. The van der Waals surface area contributed by atoms with Gasteiger partial charge in [0.25, 0.3) is 0 Å². The second-order valence-corrected chi connectivity index (χ2v) is 16.8. The Labute approximate surface area is 471 Å². The SMILES string of the molecule is CC1=[N+](C)c2c(C)c(C)c(C)c3c(C)c(C)c(C)c1c23.C[C-]=C(C)[N+](C)=[C-]C.C[C-]=[N+](C)c1[c-]cccc1.Cc1cc(C)c(C)c(C)c1C.Cc1cc(C)c(C)c(C)c1C.[W].[W].[Y].[Y]. The van der Waals surface area contributed by atoms with E-state index in [2.05, 4.69) is 166 Å². The normalized spacial score (nSPS) is 11.5. The summed E-state index contributed by atoms with van der Waals surface area (Å²) in [4.78, 5) is 0. The fourth-order valence-corrected chi connectivity index (χ4v) is 7.78.